The van der Waals surface area contributed by atoms with E-state index in [1.807, 2.05) is 18.3 Å². The minimum absolute atomic E-state index is 0.0370. The number of nitro benzene ring substituents is 1. The second-order valence-corrected chi connectivity index (χ2v) is 7.73. The zero-order valence-electron chi connectivity index (χ0n) is 17.4. The van der Waals surface area contributed by atoms with Crippen molar-refractivity contribution in [3.63, 3.8) is 0 Å². The predicted molar refractivity (Wildman–Crippen MR) is 112 cm³/mol. The maximum absolute atomic E-state index is 13.1. The van der Waals surface area contributed by atoms with E-state index in [0.717, 1.165) is 36.4 Å². The van der Waals surface area contributed by atoms with Gasteiger partial charge in [-0.3, -0.25) is 15.0 Å². The summed E-state index contributed by atoms with van der Waals surface area (Å²) in [5.41, 5.74) is 1.61. The third-order valence-corrected chi connectivity index (χ3v) is 5.76. The molecule has 2 aromatic carbocycles. The van der Waals surface area contributed by atoms with E-state index in [0.29, 0.717) is 24.4 Å². The summed E-state index contributed by atoms with van der Waals surface area (Å²) < 4.78 is 46.8. The lowest BCUT2D eigenvalue weighted by atomic mass is 9.99. The fourth-order valence-electron chi connectivity index (χ4n) is 4.27. The molecule has 6 nitrogen and oxygen atoms in total. The van der Waals surface area contributed by atoms with Gasteiger partial charge in [0.25, 0.3) is 5.69 Å². The molecule has 4 rings (SSSR count). The van der Waals surface area contributed by atoms with Gasteiger partial charge in [-0.15, -0.1) is 0 Å². The number of aryl methyl sites for hydroxylation is 1. The molecule has 1 aliphatic heterocycles. The van der Waals surface area contributed by atoms with Gasteiger partial charge >= 0.3 is 6.18 Å². The fourth-order valence-corrected chi connectivity index (χ4v) is 4.27. The Labute approximate surface area is 183 Å². The molecule has 1 aromatic heterocycles. The van der Waals surface area contributed by atoms with Gasteiger partial charge in [0.15, 0.2) is 0 Å². The Bertz CT molecular complexity index is 1110. The van der Waals surface area contributed by atoms with E-state index in [1.54, 1.807) is 6.07 Å². The average molecular weight is 445 g/mol. The molecule has 0 saturated heterocycles. The van der Waals surface area contributed by atoms with E-state index in [2.05, 4.69) is 9.47 Å². The number of halogens is 3. The zero-order valence-corrected chi connectivity index (χ0v) is 17.4. The first-order valence-corrected chi connectivity index (χ1v) is 10.2. The van der Waals surface area contributed by atoms with E-state index >= 15 is 0 Å². The van der Waals surface area contributed by atoms with E-state index < -0.39 is 16.7 Å². The summed E-state index contributed by atoms with van der Waals surface area (Å²) in [5.74, 6) is 0.529. The molecule has 0 fully saturated rings. The number of hydrogen-bond donors (Lipinski definition) is 0. The number of fused-ring (bicyclic) bond motifs is 1. The Kier molecular flexibility index (Phi) is 5.92. The molecule has 0 saturated carbocycles. The van der Waals surface area contributed by atoms with Crippen LogP contribution in [-0.4, -0.2) is 28.0 Å². The van der Waals surface area contributed by atoms with Crippen LogP contribution in [0.2, 0.25) is 0 Å². The number of nitrogens with zero attached hydrogens (tertiary/aromatic N) is 3. The first-order valence-electron chi connectivity index (χ1n) is 10.2. The summed E-state index contributed by atoms with van der Waals surface area (Å²) >= 11 is 0. The van der Waals surface area contributed by atoms with Crippen LogP contribution < -0.4 is 4.74 Å². The molecule has 0 unspecified atom stereocenters. The van der Waals surface area contributed by atoms with Gasteiger partial charge in [-0.05, 0) is 42.3 Å². The molecule has 0 bridgehead atoms. The van der Waals surface area contributed by atoms with Crippen LogP contribution in [0, 0.1) is 10.1 Å². The van der Waals surface area contributed by atoms with Gasteiger partial charge in [-0.1, -0.05) is 12.1 Å². The van der Waals surface area contributed by atoms with Gasteiger partial charge in [-0.2, -0.15) is 13.2 Å². The number of methoxy groups -OCH3 is 1. The maximum atomic E-state index is 13.1. The standard InChI is InChI=1S/C23H22F3N3O3/c1-32-21-10-9-19(29(30)31)14-17(21)15-28-13-3-12-27-11-2-4-20(27)22(28)16-5-7-18(8-6-16)23(24,25)26/h2,4-11,14,22H,3,12-13,15H2,1H3/t22-/m1/s1. The van der Waals surface area contributed by atoms with E-state index in [9.17, 15) is 23.3 Å². The van der Waals surface area contributed by atoms with E-state index in [4.69, 9.17) is 4.74 Å². The summed E-state index contributed by atoms with van der Waals surface area (Å²) in [6.45, 7) is 1.79. The van der Waals surface area contributed by atoms with Crippen molar-refractivity contribution < 1.29 is 22.8 Å². The molecular weight excluding hydrogens is 423 g/mol. The Morgan fingerprint density at radius 2 is 1.88 bits per heavy atom. The van der Waals surface area contributed by atoms with Crippen molar-refractivity contribution >= 4 is 5.69 Å². The van der Waals surface area contributed by atoms with Crippen LogP contribution in [0.15, 0.2) is 60.8 Å². The van der Waals surface area contributed by atoms with Crippen molar-refractivity contribution in [2.45, 2.75) is 31.7 Å². The first kappa shape index (κ1) is 21.9. The minimum atomic E-state index is -4.40. The molecule has 1 aliphatic rings. The number of benzene rings is 2. The van der Waals surface area contributed by atoms with Gasteiger partial charge in [-0.25, -0.2) is 0 Å². The summed E-state index contributed by atoms with van der Waals surface area (Å²) in [6, 6.07) is 13.2. The van der Waals surface area contributed by atoms with E-state index in [-0.39, 0.29) is 11.7 Å². The Hall–Kier alpha value is -3.33. The van der Waals surface area contributed by atoms with Crippen molar-refractivity contribution in [1.82, 2.24) is 9.47 Å². The summed E-state index contributed by atoms with van der Waals surface area (Å²) in [4.78, 5) is 13.0. The third kappa shape index (κ3) is 4.34. The molecule has 1 atom stereocenters. The number of non-ortho nitro benzene ring substituents is 1. The molecule has 0 radical (unpaired) electrons. The van der Waals surface area contributed by atoms with Gasteiger partial charge in [0.05, 0.1) is 23.6 Å². The minimum Gasteiger partial charge on any atom is -0.496 e. The van der Waals surface area contributed by atoms with Crippen LogP contribution in [0.4, 0.5) is 18.9 Å². The van der Waals surface area contributed by atoms with Crippen LogP contribution in [0.5, 0.6) is 5.75 Å². The van der Waals surface area contributed by atoms with Crippen molar-refractivity contribution in [3.05, 3.63) is 93.3 Å². The highest BCUT2D eigenvalue weighted by Crippen LogP contribution is 2.37. The van der Waals surface area contributed by atoms with Crippen LogP contribution >= 0.6 is 0 Å². The highest BCUT2D eigenvalue weighted by Gasteiger charge is 2.32. The molecule has 0 N–H and O–H groups in total. The topological polar surface area (TPSA) is 60.5 Å². The first-order chi connectivity index (χ1) is 15.3. The van der Waals surface area contributed by atoms with Crippen LogP contribution in [0.25, 0.3) is 0 Å². The molecule has 32 heavy (non-hydrogen) atoms. The Balaban J connectivity index is 1.75. The van der Waals surface area contributed by atoms with Crippen LogP contribution in [0.3, 0.4) is 0 Å². The lowest BCUT2D eigenvalue weighted by Crippen LogP contribution is -2.29. The molecular formula is C23H22F3N3O3. The number of ether oxygens (including phenoxy) is 1. The van der Waals surface area contributed by atoms with Gasteiger partial charge in [0, 0.05) is 49.2 Å². The smallest absolute Gasteiger partial charge is 0.416 e. The lowest BCUT2D eigenvalue weighted by molar-refractivity contribution is -0.385. The van der Waals surface area contributed by atoms with Gasteiger partial charge < -0.3 is 9.30 Å². The third-order valence-electron chi connectivity index (χ3n) is 5.76. The van der Waals surface area contributed by atoms with E-state index in [1.165, 1.54) is 31.4 Å². The quantitative estimate of drug-likeness (QED) is 0.389. The number of aromatic nitrogens is 1. The van der Waals surface area contributed by atoms with Crippen molar-refractivity contribution in [2.24, 2.45) is 0 Å². The number of alkyl halides is 3. The molecule has 9 heteroatoms. The normalized spacial score (nSPS) is 16.9. The lowest BCUT2D eigenvalue weighted by Gasteiger charge is -2.31. The number of nitro groups is 1. The summed E-state index contributed by atoms with van der Waals surface area (Å²) in [6.07, 6.45) is -1.61. The van der Waals surface area contributed by atoms with Crippen molar-refractivity contribution in [1.29, 1.82) is 0 Å². The Morgan fingerprint density at radius 1 is 1.12 bits per heavy atom. The maximum Gasteiger partial charge on any atom is 0.416 e. The highest BCUT2D eigenvalue weighted by molar-refractivity contribution is 5.44. The SMILES string of the molecule is COc1ccc([N+](=O)[O-])cc1CN1CCCn2cccc2[C@H]1c1ccc(C(F)(F)F)cc1. The molecule has 0 aliphatic carbocycles. The molecule has 2 heterocycles. The van der Waals surface area contributed by atoms with Crippen molar-refractivity contribution in [2.75, 3.05) is 13.7 Å². The van der Waals surface area contributed by atoms with Gasteiger partial charge in [0.1, 0.15) is 5.75 Å². The molecule has 3 aromatic rings. The largest absolute Gasteiger partial charge is 0.496 e. The second kappa shape index (κ2) is 8.66. The zero-order chi connectivity index (χ0) is 22.9. The second-order valence-electron chi connectivity index (χ2n) is 7.73. The van der Waals surface area contributed by atoms with Crippen LogP contribution in [0.1, 0.15) is 34.8 Å². The van der Waals surface area contributed by atoms with Gasteiger partial charge in [0.2, 0.25) is 0 Å². The average Bonchev–Trinajstić information content (AvgIpc) is 3.14. The molecule has 0 amide bonds. The number of rotatable bonds is 5. The van der Waals surface area contributed by atoms with Crippen molar-refractivity contribution in [3.8, 4) is 5.75 Å². The molecule has 0 spiro atoms. The summed E-state index contributed by atoms with van der Waals surface area (Å²) in [7, 11) is 1.51. The predicted octanol–water partition coefficient (Wildman–Crippen LogP) is 5.42. The van der Waals surface area contributed by atoms with Crippen LogP contribution in [-0.2, 0) is 19.3 Å². The fraction of sp³-hybridized carbons (Fsp3) is 0.304. The summed E-state index contributed by atoms with van der Waals surface area (Å²) in [5, 5.41) is 11.3. The highest BCUT2D eigenvalue weighted by atomic mass is 19.4. The molecule has 168 valence electrons. The monoisotopic (exact) mass is 445 g/mol. The number of hydrogen-bond acceptors (Lipinski definition) is 4. The Morgan fingerprint density at radius 3 is 2.53 bits per heavy atom.